The van der Waals surface area contributed by atoms with Gasteiger partial charge in [0.2, 0.25) is 0 Å². The number of carbonyl (C=O) groups is 1. The van der Waals surface area contributed by atoms with E-state index in [2.05, 4.69) is 0 Å². The van der Waals surface area contributed by atoms with Crippen molar-refractivity contribution in [2.24, 2.45) is 11.8 Å². The number of benzene rings is 3. The highest BCUT2D eigenvalue weighted by Crippen LogP contribution is 2.46. The summed E-state index contributed by atoms with van der Waals surface area (Å²) in [6, 6.07) is 13.8. The van der Waals surface area contributed by atoms with Crippen molar-refractivity contribution in [1.82, 2.24) is 0 Å². The molecule has 236 valence electrons. The molecular weight excluding hydrogens is 588 g/mol. The van der Waals surface area contributed by atoms with Gasteiger partial charge >= 0.3 is 18.3 Å². The normalized spacial score (nSPS) is 16.9. The van der Waals surface area contributed by atoms with Crippen molar-refractivity contribution in [3.8, 4) is 22.6 Å². The molecule has 0 spiro atoms. The summed E-state index contributed by atoms with van der Waals surface area (Å²) in [5.41, 5.74) is -1.47. The predicted octanol–water partition coefficient (Wildman–Crippen LogP) is 8.66. The smallest absolute Gasteiger partial charge is 0.417 e. The van der Waals surface area contributed by atoms with E-state index in [1.807, 2.05) is 29.2 Å². The molecule has 0 bridgehead atoms. The van der Waals surface area contributed by atoms with Crippen molar-refractivity contribution >= 4 is 11.7 Å². The molecule has 1 saturated heterocycles. The molecule has 3 aromatic rings. The van der Waals surface area contributed by atoms with Crippen LogP contribution in [0.15, 0.2) is 60.7 Å². The number of ether oxygens (including phenoxy) is 2. The van der Waals surface area contributed by atoms with E-state index < -0.39 is 29.4 Å². The van der Waals surface area contributed by atoms with Gasteiger partial charge in [-0.15, -0.1) is 0 Å². The molecule has 1 N–H and O–H groups in total. The van der Waals surface area contributed by atoms with Gasteiger partial charge < -0.3 is 19.5 Å². The van der Waals surface area contributed by atoms with Gasteiger partial charge in [0.1, 0.15) is 11.5 Å². The number of aliphatic carboxylic acids is 1. The average Bonchev–Trinajstić information content (AvgIpc) is 3.83. The largest absolute Gasteiger partial charge is 0.497 e. The topological polar surface area (TPSA) is 59.0 Å². The summed E-state index contributed by atoms with van der Waals surface area (Å²) in [7, 11) is 1.44. The highest BCUT2D eigenvalue weighted by atomic mass is 19.4. The molecular formula is C33H33F6NO4. The Kier molecular flexibility index (Phi) is 9.04. The van der Waals surface area contributed by atoms with E-state index in [9.17, 15) is 36.2 Å². The first-order valence-electron chi connectivity index (χ1n) is 14.5. The number of anilines is 1. The van der Waals surface area contributed by atoms with Crippen LogP contribution in [0, 0.1) is 11.8 Å². The summed E-state index contributed by atoms with van der Waals surface area (Å²) in [6.07, 6.45) is -6.43. The number of carboxylic acid groups (broad SMARTS) is 1. The number of halogens is 6. The third kappa shape index (κ3) is 7.42. The molecule has 1 heterocycles. The maximum absolute atomic E-state index is 14.0. The molecule has 1 aliphatic carbocycles. The third-order valence-corrected chi connectivity index (χ3v) is 8.46. The van der Waals surface area contributed by atoms with E-state index >= 15 is 0 Å². The lowest BCUT2D eigenvalue weighted by molar-refractivity contribution is -0.143. The van der Waals surface area contributed by atoms with Crippen LogP contribution in [0.1, 0.15) is 54.7 Å². The molecule has 3 aromatic carbocycles. The number of hydrogen-bond donors (Lipinski definition) is 1. The van der Waals surface area contributed by atoms with Gasteiger partial charge in [-0.3, -0.25) is 4.79 Å². The fourth-order valence-corrected chi connectivity index (χ4v) is 5.95. The Morgan fingerprint density at radius 3 is 2.20 bits per heavy atom. The molecule has 44 heavy (non-hydrogen) atoms. The quantitative estimate of drug-likeness (QED) is 0.230. The number of methoxy groups -OCH3 is 1. The van der Waals surface area contributed by atoms with Gasteiger partial charge in [0.15, 0.2) is 0 Å². The van der Waals surface area contributed by atoms with E-state index in [-0.39, 0.29) is 35.4 Å². The second-order valence-corrected chi connectivity index (χ2v) is 11.5. The van der Waals surface area contributed by atoms with E-state index in [1.165, 1.54) is 19.2 Å². The van der Waals surface area contributed by atoms with Crippen LogP contribution >= 0.6 is 0 Å². The van der Waals surface area contributed by atoms with Crippen LogP contribution in [0.2, 0.25) is 0 Å². The molecule has 1 saturated carbocycles. The first-order chi connectivity index (χ1) is 20.8. The minimum atomic E-state index is -5.00. The maximum Gasteiger partial charge on any atom is 0.417 e. The second kappa shape index (κ2) is 12.6. The van der Waals surface area contributed by atoms with Crippen molar-refractivity contribution in [1.29, 1.82) is 0 Å². The lowest BCUT2D eigenvalue weighted by Crippen LogP contribution is -2.36. The molecule has 2 fully saturated rings. The lowest BCUT2D eigenvalue weighted by Gasteiger charge is -2.35. The van der Waals surface area contributed by atoms with Gasteiger partial charge in [0, 0.05) is 30.4 Å². The predicted molar refractivity (Wildman–Crippen MR) is 153 cm³/mol. The molecule has 1 aliphatic heterocycles. The van der Waals surface area contributed by atoms with Crippen LogP contribution in [0.5, 0.6) is 11.5 Å². The molecule has 11 heteroatoms. The number of rotatable bonds is 10. The van der Waals surface area contributed by atoms with Gasteiger partial charge in [-0.25, -0.2) is 0 Å². The number of carboxylic acids is 1. The van der Waals surface area contributed by atoms with Crippen LogP contribution < -0.4 is 14.4 Å². The highest BCUT2D eigenvalue weighted by molar-refractivity contribution is 5.82. The molecule has 2 aliphatic rings. The lowest BCUT2D eigenvalue weighted by atomic mass is 9.91. The number of hydrogen-bond acceptors (Lipinski definition) is 4. The van der Waals surface area contributed by atoms with E-state index in [0.717, 1.165) is 24.5 Å². The van der Waals surface area contributed by atoms with Gasteiger partial charge in [0.25, 0.3) is 0 Å². The fourth-order valence-electron chi connectivity index (χ4n) is 5.95. The molecule has 1 atom stereocenters. The zero-order chi connectivity index (χ0) is 31.6. The highest BCUT2D eigenvalue weighted by Gasteiger charge is 2.39. The summed E-state index contributed by atoms with van der Waals surface area (Å²) >= 11 is 0. The Morgan fingerprint density at radius 2 is 1.59 bits per heavy atom. The fraction of sp³-hybridized carbons (Fsp3) is 0.424. The third-order valence-electron chi connectivity index (χ3n) is 8.46. The first kappa shape index (κ1) is 31.5. The van der Waals surface area contributed by atoms with Crippen molar-refractivity contribution in [3.63, 3.8) is 0 Å². The van der Waals surface area contributed by atoms with Crippen molar-refractivity contribution < 1.29 is 45.7 Å². The monoisotopic (exact) mass is 621 g/mol. The summed E-state index contributed by atoms with van der Waals surface area (Å²) < 4.78 is 93.3. The Balaban J connectivity index is 1.31. The summed E-state index contributed by atoms with van der Waals surface area (Å²) in [6.45, 7) is 1.42. The summed E-state index contributed by atoms with van der Waals surface area (Å²) in [5, 5.41) is 9.34. The molecule has 5 nitrogen and oxygen atoms in total. The summed E-state index contributed by atoms with van der Waals surface area (Å²) in [4.78, 5) is 13.3. The molecule has 0 unspecified atom stereocenters. The van der Waals surface area contributed by atoms with Crippen molar-refractivity contribution in [2.75, 3.05) is 31.7 Å². The molecule has 5 rings (SSSR count). The minimum Gasteiger partial charge on any atom is -0.497 e. The van der Waals surface area contributed by atoms with E-state index in [4.69, 9.17) is 9.47 Å². The number of piperidine rings is 1. The van der Waals surface area contributed by atoms with Crippen LogP contribution in [0.3, 0.4) is 0 Å². The zero-order valence-corrected chi connectivity index (χ0v) is 24.0. The van der Waals surface area contributed by atoms with Crippen LogP contribution in [-0.2, 0) is 17.1 Å². The van der Waals surface area contributed by atoms with Crippen molar-refractivity contribution in [2.45, 2.75) is 50.4 Å². The van der Waals surface area contributed by atoms with E-state index in [0.29, 0.717) is 61.7 Å². The van der Waals surface area contributed by atoms with Gasteiger partial charge in [0.05, 0.1) is 31.3 Å². The van der Waals surface area contributed by atoms with Gasteiger partial charge in [-0.1, -0.05) is 18.2 Å². The van der Waals surface area contributed by atoms with E-state index in [1.54, 1.807) is 6.07 Å². The van der Waals surface area contributed by atoms with Gasteiger partial charge in [-0.2, -0.15) is 26.3 Å². The standard InChI is InChI=1S/C33H33F6NO4/c1-43-24-8-10-27(26-9-7-23(32(34,35)36)16-29(26)33(37,38)39)30(17-24)40-13-11-20(12-14-40)19-44-25-4-2-3-22(15-25)28(18-31(41)42)21-5-6-21/h2-4,7-10,15-17,20-21,28H,5-6,11-14,18-19H2,1H3,(H,41,42)/t28-/m0/s1. The van der Waals surface area contributed by atoms with Crippen molar-refractivity contribution in [3.05, 3.63) is 77.4 Å². The Labute approximate surface area is 251 Å². The second-order valence-electron chi connectivity index (χ2n) is 11.5. The number of nitrogens with zero attached hydrogens (tertiary/aromatic N) is 1. The Morgan fingerprint density at radius 1 is 0.886 bits per heavy atom. The summed E-state index contributed by atoms with van der Waals surface area (Å²) in [5.74, 6) is 0.756. The maximum atomic E-state index is 14.0. The Bertz CT molecular complexity index is 1480. The first-order valence-corrected chi connectivity index (χ1v) is 14.5. The van der Waals surface area contributed by atoms with Crippen LogP contribution in [-0.4, -0.2) is 37.9 Å². The SMILES string of the molecule is COc1ccc(-c2ccc(C(F)(F)F)cc2C(F)(F)F)c(N2CCC(COc3cccc([C@@H](CC(=O)O)C4CC4)c3)CC2)c1. The van der Waals surface area contributed by atoms with Crippen LogP contribution in [0.25, 0.3) is 11.1 Å². The molecule has 0 amide bonds. The zero-order valence-electron chi connectivity index (χ0n) is 24.0. The minimum absolute atomic E-state index is 0.0427. The van der Waals surface area contributed by atoms with Gasteiger partial charge in [-0.05, 0) is 91.0 Å². The molecule has 0 aromatic heterocycles. The number of alkyl halides is 6. The molecule has 0 radical (unpaired) electrons. The van der Waals surface area contributed by atoms with Crippen LogP contribution in [0.4, 0.5) is 32.0 Å². The Hall–Kier alpha value is -3.89. The average molecular weight is 622 g/mol.